The van der Waals surface area contributed by atoms with E-state index in [4.69, 9.17) is 4.98 Å². The van der Waals surface area contributed by atoms with Crippen molar-refractivity contribution in [2.24, 2.45) is 11.3 Å². The zero-order valence-corrected chi connectivity index (χ0v) is 11.6. The summed E-state index contributed by atoms with van der Waals surface area (Å²) in [5.74, 6) is 1.61. The minimum atomic E-state index is 0.489. The molecule has 0 spiro atoms. The highest BCUT2D eigenvalue weighted by atomic mass is 14.7. The minimum absolute atomic E-state index is 0.489. The lowest BCUT2D eigenvalue weighted by Gasteiger charge is -2.57. The van der Waals surface area contributed by atoms with Crippen LogP contribution in [0.1, 0.15) is 37.3 Å². The summed E-state index contributed by atoms with van der Waals surface area (Å²) in [5.41, 5.74) is 5.88. The van der Waals surface area contributed by atoms with Gasteiger partial charge in [0.05, 0.1) is 5.69 Å². The predicted octanol–water partition coefficient (Wildman–Crippen LogP) is 4.43. The van der Waals surface area contributed by atoms with Gasteiger partial charge in [0.15, 0.2) is 0 Å². The Balaban J connectivity index is 1.78. The van der Waals surface area contributed by atoms with Crippen LogP contribution in [-0.4, -0.2) is 4.98 Å². The summed E-state index contributed by atoms with van der Waals surface area (Å²) < 4.78 is 0. The second-order valence-electron chi connectivity index (χ2n) is 6.65. The molecule has 1 fully saturated rings. The van der Waals surface area contributed by atoms with Gasteiger partial charge in [-0.05, 0) is 47.3 Å². The lowest BCUT2D eigenvalue weighted by atomic mass is 9.47. The Morgan fingerprint density at radius 1 is 1.16 bits per heavy atom. The molecule has 1 aromatic carbocycles. The monoisotopic (exact) mass is 249 g/mol. The topological polar surface area (TPSA) is 12.9 Å². The molecule has 1 heterocycles. The fraction of sp³-hybridized carbons (Fsp3) is 0.389. The highest BCUT2D eigenvalue weighted by Crippen LogP contribution is 2.62. The van der Waals surface area contributed by atoms with E-state index in [0.29, 0.717) is 5.41 Å². The summed E-state index contributed by atoms with van der Waals surface area (Å²) in [6.45, 7) is 4.83. The molecule has 1 aromatic heterocycles. The molecule has 0 aliphatic heterocycles. The maximum atomic E-state index is 4.70. The standard InChI is InChI=1S/C18H19N/c1-18(2)14-8-13-9-17(12-6-4-3-5-7-12)19-11-15(13)16(18)10-14/h3-7,9,11,14,16H,8,10H2,1-2H3/t14?,16-/m1/s1. The van der Waals surface area contributed by atoms with Crippen LogP contribution >= 0.6 is 0 Å². The van der Waals surface area contributed by atoms with Crippen molar-refractivity contribution < 1.29 is 0 Å². The largest absolute Gasteiger partial charge is 0.256 e. The molecule has 1 saturated carbocycles. The van der Waals surface area contributed by atoms with Crippen LogP contribution in [0.25, 0.3) is 11.3 Å². The molecule has 0 saturated heterocycles. The molecule has 2 atom stereocenters. The third kappa shape index (κ3) is 1.51. The van der Waals surface area contributed by atoms with Crippen molar-refractivity contribution in [2.75, 3.05) is 0 Å². The zero-order valence-electron chi connectivity index (χ0n) is 11.6. The number of rotatable bonds is 1. The van der Waals surface area contributed by atoms with E-state index in [1.54, 1.807) is 0 Å². The number of hydrogen-bond acceptors (Lipinski definition) is 1. The molecular formula is C18H19N. The van der Waals surface area contributed by atoms with Gasteiger partial charge in [-0.15, -0.1) is 0 Å². The second-order valence-corrected chi connectivity index (χ2v) is 6.65. The average molecular weight is 249 g/mol. The number of pyridine rings is 1. The zero-order chi connectivity index (χ0) is 13.0. The van der Waals surface area contributed by atoms with Crippen molar-refractivity contribution in [2.45, 2.75) is 32.6 Å². The first-order valence-corrected chi connectivity index (χ1v) is 7.20. The number of nitrogens with zero attached hydrogens (tertiary/aromatic N) is 1. The summed E-state index contributed by atoms with van der Waals surface area (Å²) in [6.07, 6.45) is 4.74. The number of aromatic nitrogens is 1. The van der Waals surface area contributed by atoms with Crippen LogP contribution in [0.2, 0.25) is 0 Å². The Morgan fingerprint density at radius 3 is 2.68 bits per heavy atom. The van der Waals surface area contributed by atoms with E-state index in [1.165, 1.54) is 29.5 Å². The van der Waals surface area contributed by atoms with E-state index in [9.17, 15) is 0 Å². The number of benzene rings is 1. The van der Waals surface area contributed by atoms with Gasteiger partial charge in [-0.2, -0.15) is 0 Å². The minimum Gasteiger partial charge on any atom is -0.256 e. The van der Waals surface area contributed by atoms with Gasteiger partial charge in [0, 0.05) is 11.8 Å². The molecule has 0 N–H and O–H groups in total. The maximum Gasteiger partial charge on any atom is 0.0704 e. The first-order chi connectivity index (χ1) is 9.16. The average Bonchev–Trinajstić information content (AvgIpc) is 2.46. The van der Waals surface area contributed by atoms with E-state index >= 15 is 0 Å². The molecule has 1 nitrogen and oxygen atoms in total. The third-order valence-electron chi connectivity index (χ3n) is 5.41. The van der Waals surface area contributed by atoms with Crippen LogP contribution in [0.5, 0.6) is 0 Å². The van der Waals surface area contributed by atoms with Crippen molar-refractivity contribution in [1.82, 2.24) is 4.98 Å². The van der Waals surface area contributed by atoms with E-state index in [-0.39, 0.29) is 0 Å². The Kier molecular flexibility index (Phi) is 2.18. The maximum absolute atomic E-state index is 4.70. The van der Waals surface area contributed by atoms with Crippen LogP contribution in [-0.2, 0) is 6.42 Å². The van der Waals surface area contributed by atoms with Gasteiger partial charge >= 0.3 is 0 Å². The SMILES string of the molecule is CC1(C)C2Cc3cc(-c4ccccc4)ncc3[C@H]1C2. The van der Waals surface area contributed by atoms with Gasteiger partial charge in [0.2, 0.25) is 0 Å². The van der Waals surface area contributed by atoms with Crippen LogP contribution in [0.4, 0.5) is 0 Å². The Morgan fingerprint density at radius 2 is 1.95 bits per heavy atom. The first kappa shape index (κ1) is 11.2. The van der Waals surface area contributed by atoms with E-state index in [2.05, 4.69) is 56.4 Å². The van der Waals surface area contributed by atoms with E-state index < -0.39 is 0 Å². The third-order valence-corrected chi connectivity index (χ3v) is 5.41. The van der Waals surface area contributed by atoms with Gasteiger partial charge in [-0.25, -0.2) is 0 Å². The molecule has 96 valence electrons. The van der Waals surface area contributed by atoms with Crippen molar-refractivity contribution in [3.05, 3.63) is 53.7 Å². The van der Waals surface area contributed by atoms with Crippen molar-refractivity contribution in [3.8, 4) is 11.3 Å². The Bertz CT molecular complexity index is 627. The fourth-order valence-corrected chi connectivity index (χ4v) is 3.92. The summed E-state index contributed by atoms with van der Waals surface area (Å²) in [5, 5.41) is 0. The molecule has 0 radical (unpaired) electrons. The molecule has 5 rings (SSSR count). The second kappa shape index (κ2) is 3.69. The van der Waals surface area contributed by atoms with Gasteiger partial charge < -0.3 is 0 Å². The van der Waals surface area contributed by atoms with Crippen molar-refractivity contribution in [1.29, 1.82) is 0 Å². The molecule has 1 unspecified atom stereocenters. The van der Waals surface area contributed by atoms with Crippen LogP contribution in [0.15, 0.2) is 42.6 Å². The summed E-state index contributed by atoms with van der Waals surface area (Å²) in [4.78, 5) is 4.70. The van der Waals surface area contributed by atoms with Crippen LogP contribution in [0.3, 0.4) is 0 Å². The summed E-state index contributed by atoms with van der Waals surface area (Å²) in [6, 6.07) is 12.8. The van der Waals surface area contributed by atoms with Crippen LogP contribution < -0.4 is 0 Å². The predicted molar refractivity (Wildman–Crippen MR) is 78.0 cm³/mol. The fourth-order valence-electron chi connectivity index (χ4n) is 3.92. The molecule has 1 heteroatoms. The molecular weight excluding hydrogens is 230 g/mol. The highest BCUT2D eigenvalue weighted by molar-refractivity contribution is 5.61. The van der Waals surface area contributed by atoms with E-state index in [0.717, 1.165) is 17.5 Å². The molecule has 2 bridgehead atoms. The highest BCUT2D eigenvalue weighted by Gasteiger charge is 2.52. The Labute approximate surface area is 114 Å². The summed E-state index contributed by atoms with van der Waals surface area (Å²) >= 11 is 0. The number of hydrogen-bond donors (Lipinski definition) is 0. The van der Waals surface area contributed by atoms with Gasteiger partial charge in [0.25, 0.3) is 0 Å². The smallest absolute Gasteiger partial charge is 0.0704 e. The molecule has 19 heavy (non-hydrogen) atoms. The lowest BCUT2D eigenvalue weighted by Crippen LogP contribution is -2.48. The van der Waals surface area contributed by atoms with E-state index in [1.807, 2.05) is 0 Å². The molecule has 3 aliphatic rings. The quantitative estimate of drug-likeness (QED) is 0.728. The first-order valence-electron chi connectivity index (χ1n) is 7.20. The lowest BCUT2D eigenvalue weighted by molar-refractivity contribution is 0.0183. The van der Waals surface area contributed by atoms with Gasteiger partial charge in [0.1, 0.15) is 0 Å². The molecule has 3 aliphatic carbocycles. The van der Waals surface area contributed by atoms with Crippen LogP contribution in [0, 0.1) is 11.3 Å². The normalized spacial score (nSPS) is 26.4. The van der Waals surface area contributed by atoms with Crippen molar-refractivity contribution in [3.63, 3.8) is 0 Å². The summed E-state index contributed by atoms with van der Waals surface area (Å²) in [7, 11) is 0. The Hall–Kier alpha value is -1.63. The van der Waals surface area contributed by atoms with Gasteiger partial charge in [-0.3, -0.25) is 4.98 Å². The van der Waals surface area contributed by atoms with Crippen molar-refractivity contribution >= 4 is 0 Å². The van der Waals surface area contributed by atoms with Gasteiger partial charge in [-0.1, -0.05) is 44.2 Å². The molecule has 2 aromatic rings. The molecule has 0 amide bonds.